The van der Waals surface area contributed by atoms with E-state index in [1.165, 1.54) is 11.1 Å². The molecule has 4 aromatic carbocycles. The summed E-state index contributed by atoms with van der Waals surface area (Å²) in [6, 6.07) is 34.9. The molecule has 1 aliphatic heterocycles. The summed E-state index contributed by atoms with van der Waals surface area (Å²) in [4.78, 5) is 30.5. The van der Waals surface area contributed by atoms with Crippen molar-refractivity contribution in [2.24, 2.45) is 0 Å². The first kappa shape index (κ1) is 27.5. The number of hydrogen-bond acceptors (Lipinski definition) is 4. The van der Waals surface area contributed by atoms with Crippen LogP contribution in [0, 0.1) is 0 Å². The highest BCUT2D eigenvalue weighted by Gasteiger charge is 2.29. The maximum Gasteiger partial charge on any atom is 0.257 e. The molecule has 0 aromatic heterocycles. The van der Waals surface area contributed by atoms with Crippen molar-refractivity contribution >= 4 is 46.4 Å². The van der Waals surface area contributed by atoms with E-state index in [9.17, 15) is 9.59 Å². The number of rotatable bonds is 6. The lowest BCUT2D eigenvalue weighted by molar-refractivity contribution is 0.0598. The van der Waals surface area contributed by atoms with Crippen LogP contribution in [0.4, 0.5) is 5.69 Å². The number of thiocarbonyl (C=S) groups is 1. The van der Waals surface area contributed by atoms with E-state index in [-0.39, 0.29) is 23.0 Å². The van der Waals surface area contributed by atoms with Crippen molar-refractivity contribution in [2.45, 2.75) is 6.04 Å². The molecule has 6 nitrogen and oxygen atoms in total. The molecule has 1 saturated heterocycles. The van der Waals surface area contributed by atoms with Gasteiger partial charge in [0.25, 0.3) is 11.8 Å². The third-order valence-electron chi connectivity index (χ3n) is 6.92. The fraction of sp³-hybridized carbons (Fsp3) is 0.156. The van der Waals surface area contributed by atoms with Crippen LogP contribution in [0.3, 0.4) is 0 Å². The first-order valence-electron chi connectivity index (χ1n) is 13.1. The number of piperazine rings is 1. The van der Waals surface area contributed by atoms with Gasteiger partial charge in [0.05, 0.1) is 17.3 Å². The third kappa shape index (κ3) is 6.57. The number of para-hydroxylation sites is 1. The number of nitrogens with one attached hydrogen (secondary N) is 2. The average molecular weight is 569 g/mol. The van der Waals surface area contributed by atoms with Gasteiger partial charge in [-0.15, -0.1) is 0 Å². The average Bonchev–Trinajstić information content (AvgIpc) is 2.99. The molecule has 0 radical (unpaired) electrons. The van der Waals surface area contributed by atoms with E-state index in [1.54, 1.807) is 36.4 Å². The lowest BCUT2D eigenvalue weighted by Gasteiger charge is -2.40. The van der Waals surface area contributed by atoms with E-state index in [1.807, 2.05) is 29.2 Å². The van der Waals surface area contributed by atoms with E-state index >= 15 is 0 Å². The van der Waals surface area contributed by atoms with Crippen LogP contribution in [0.5, 0.6) is 0 Å². The molecule has 1 fully saturated rings. The molecule has 5 rings (SSSR count). The molecule has 1 heterocycles. The van der Waals surface area contributed by atoms with Gasteiger partial charge in [0.2, 0.25) is 0 Å². The number of benzene rings is 4. The molecular formula is C32H29ClN4O2S. The van der Waals surface area contributed by atoms with Crippen LogP contribution in [-0.2, 0) is 0 Å². The summed E-state index contributed by atoms with van der Waals surface area (Å²) in [5, 5.41) is 6.24. The van der Waals surface area contributed by atoms with Crippen LogP contribution in [0.2, 0.25) is 5.02 Å². The van der Waals surface area contributed by atoms with Gasteiger partial charge in [-0.05, 0) is 53.7 Å². The van der Waals surface area contributed by atoms with E-state index in [2.05, 4.69) is 64.1 Å². The van der Waals surface area contributed by atoms with Crippen molar-refractivity contribution in [2.75, 3.05) is 31.5 Å². The van der Waals surface area contributed by atoms with Crippen molar-refractivity contribution in [1.29, 1.82) is 0 Å². The highest BCUT2D eigenvalue weighted by molar-refractivity contribution is 7.80. The Bertz CT molecular complexity index is 1450. The fourth-order valence-corrected chi connectivity index (χ4v) is 5.37. The van der Waals surface area contributed by atoms with Crippen molar-refractivity contribution in [3.05, 3.63) is 136 Å². The zero-order chi connectivity index (χ0) is 27.9. The van der Waals surface area contributed by atoms with Crippen molar-refractivity contribution in [3.8, 4) is 0 Å². The lowest BCUT2D eigenvalue weighted by atomic mass is 9.96. The lowest BCUT2D eigenvalue weighted by Crippen LogP contribution is -2.50. The Morgan fingerprint density at radius 1 is 0.750 bits per heavy atom. The molecule has 1 aliphatic rings. The minimum Gasteiger partial charge on any atom is -0.336 e. The predicted octanol–water partition coefficient (Wildman–Crippen LogP) is 6.01. The maximum atomic E-state index is 13.6. The topological polar surface area (TPSA) is 64.7 Å². The highest BCUT2D eigenvalue weighted by atomic mass is 35.5. The van der Waals surface area contributed by atoms with E-state index in [0.29, 0.717) is 34.9 Å². The van der Waals surface area contributed by atoms with E-state index in [0.717, 1.165) is 13.1 Å². The molecule has 0 unspecified atom stereocenters. The zero-order valence-corrected chi connectivity index (χ0v) is 23.4. The quantitative estimate of drug-likeness (QED) is 0.279. The summed E-state index contributed by atoms with van der Waals surface area (Å²) in [6.45, 7) is 2.67. The number of hydrogen-bond donors (Lipinski definition) is 2. The minimum atomic E-state index is -0.383. The Hall–Kier alpha value is -4.04. The van der Waals surface area contributed by atoms with Crippen LogP contribution in [0.25, 0.3) is 0 Å². The Labute approximate surface area is 244 Å². The number of amides is 2. The number of carbonyl (C=O) groups is 2. The molecule has 2 N–H and O–H groups in total. The first-order chi connectivity index (χ1) is 19.5. The van der Waals surface area contributed by atoms with Gasteiger partial charge >= 0.3 is 0 Å². The second-order valence-electron chi connectivity index (χ2n) is 9.52. The molecular weight excluding hydrogens is 540 g/mol. The van der Waals surface area contributed by atoms with E-state index < -0.39 is 0 Å². The number of nitrogens with zero attached hydrogens (tertiary/aromatic N) is 2. The Morgan fingerprint density at radius 2 is 1.35 bits per heavy atom. The monoisotopic (exact) mass is 568 g/mol. The molecule has 40 heavy (non-hydrogen) atoms. The number of anilines is 1. The molecule has 0 atom stereocenters. The Morgan fingerprint density at radius 3 is 1.98 bits per heavy atom. The van der Waals surface area contributed by atoms with E-state index in [4.69, 9.17) is 23.8 Å². The van der Waals surface area contributed by atoms with Gasteiger partial charge in [-0.25, -0.2) is 0 Å². The fourth-order valence-electron chi connectivity index (χ4n) is 4.98. The summed E-state index contributed by atoms with van der Waals surface area (Å²) in [6.07, 6.45) is 0. The smallest absolute Gasteiger partial charge is 0.257 e. The zero-order valence-electron chi connectivity index (χ0n) is 21.8. The second kappa shape index (κ2) is 12.9. The Balaban J connectivity index is 1.25. The predicted molar refractivity (Wildman–Crippen MR) is 164 cm³/mol. The summed E-state index contributed by atoms with van der Waals surface area (Å²) < 4.78 is 0. The van der Waals surface area contributed by atoms with Gasteiger partial charge in [0.15, 0.2) is 5.11 Å². The van der Waals surface area contributed by atoms with Gasteiger partial charge in [0, 0.05) is 36.8 Å². The minimum absolute atomic E-state index is 0.0808. The molecule has 8 heteroatoms. The van der Waals surface area contributed by atoms with Crippen molar-refractivity contribution < 1.29 is 9.59 Å². The molecule has 2 amide bonds. The molecule has 202 valence electrons. The normalized spacial score (nSPS) is 13.6. The molecule has 4 aromatic rings. The first-order valence-corrected chi connectivity index (χ1v) is 13.9. The van der Waals surface area contributed by atoms with Crippen LogP contribution < -0.4 is 10.6 Å². The van der Waals surface area contributed by atoms with Crippen LogP contribution >= 0.6 is 23.8 Å². The molecule has 0 saturated carbocycles. The maximum absolute atomic E-state index is 13.6. The van der Waals surface area contributed by atoms with Gasteiger partial charge in [-0.1, -0.05) is 90.5 Å². The van der Waals surface area contributed by atoms with Gasteiger partial charge in [0.1, 0.15) is 0 Å². The largest absolute Gasteiger partial charge is 0.336 e. The third-order valence-corrected chi connectivity index (χ3v) is 7.36. The molecule has 0 spiro atoms. The SMILES string of the molecule is O=C(NC(=S)Nc1ccccc1C(=O)N1CCN(C(c2ccccc2)c2ccccc2)CC1)c1cccc(Cl)c1. The summed E-state index contributed by atoms with van der Waals surface area (Å²) in [5.74, 6) is -0.464. The van der Waals surface area contributed by atoms with Gasteiger partial charge in [-0.2, -0.15) is 0 Å². The Kier molecular flexibility index (Phi) is 8.86. The highest BCUT2D eigenvalue weighted by Crippen LogP contribution is 2.30. The van der Waals surface area contributed by atoms with Crippen LogP contribution in [0.15, 0.2) is 109 Å². The van der Waals surface area contributed by atoms with Crippen molar-refractivity contribution in [3.63, 3.8) is 0 Å². The number of halogens is 1. The van der Waals surface area contributed by atoms with Crippen molar-refractivity contribution in [1.82, 2.24) is 15.1 Å². The van der Waals surface area contributed by atoms with Gasteiger partial charge < -0.3 is 10.2 Å². The molecule has 0 bridgehead atoms. The summed E-state index contributed by atoms with van der Waals surface area (Å²) in [5.41, 5.74) is 3.90. The van der Waals surface area contributed by atoms with Gasteiger partial charge in [-0.3, -0.25) is 19.8 Å². The summed E-state index contributed by atoms with van der Waals surface area (Å²) >= 11 is 11.4. The summed E-state index contributed by atoms with van der Waals surface area (Å²) in [7, 11) is 0. The standard InChI is InChI=1S/C32H29ClN4O2S/c33-26-15-9-14-25(22-26)30(38)35-32(40)34-28-17-8-7-16-27(28)31(39)37-20-18-36(19-21-37)29(23-10-3-1-4-11-23)24-12-5-2-6-13-24/h1-17,22,29H,18-21H2,(H2,34,35,38,40). The molecule has 0 aliphatic carbocycles. The number of carbonyl (C=O) groups excluding carboxylic acids is 2. The van der Waals surface area contributed by atoms with Crippen LogP contribution in [0.1, 0.15) is 37.9 Å². The van der Waals surface area contributed by atoms with Crippen LogP contribution in [-0.4, -0.2) is 52.9 Å². The second-order valence-corrected chi connectivity index (χ2v) is 10.4.